The lowest BCUT2D eigenvalue weighted by Crippen LogP contribution is -2.08. The Balaban J connectivity index is 1.77. The van der Waals surface area contributed by atoms with Crippen LogP contribution in [0.1, 0.15) is 0 Å². The Hall–Kier alpha value is -3.29. The summed E-state index contributed by atoms with van der Waals surface area (Å²) in [4.78, 5) is 6.14. The monoisotopic (exact) mass is 342 g/mol. The Morgan fingerprint density at radius 1 is 0.920 bits per heavy atom. The Morgan fingerprint density at radius 3 is 2.24 bits per heavy atom. The van der Waals surface area contributed by atoms with Crippen molar-refractivity contribution >= 4 is 28.8 Å². The van der Waals surface area contributed by atoms with Crippen molar-refractivity contribution in [3.63, 3.8) is 0 Å². The molecule has 3 rings (SSSR count). The smallest absolute Gasteiger partial charge is 0.249 e. The Labute approximate surface area is 143 Å². The normalized spacial score (nSPS) is 10.4. The summed E-state index contributed by atoms with van der Waals surface area (Å²) in [7, 11) is 3.90. The van der Waals surface area contributed by atoms with E-state index in [9.17, 15) is 8.78 Å². The number of hydrogen-bond donors (Lipinski definition) is 2. The van der Waals surface area contributed by atoms with E-state index in [2.05, 4.69) is 25.8 Å². The van der Waals surface area contributed by atoms with Crippen LogP contribution in [0.4, 0.5) is 37.6 Å². The van der Waals surface area contributed by atoms with Crippen molar-refractivity contribution in [3.8, 4) is 0 Å². The molecule has 0 radical (unpaired) electrons. The minimum absolute atomic E-state index is 0.173. The molecule has 3 aromatic rings. The van der Waals surface area contributed by atoms with Crippen molar-refractivity contribution < 1.29 is 8.78 Å². The summed E-state index contributed by atoms with van der Waals surface area (Å²) >= 11 is 0. The molecule has 25 heavy (non-hydrogen) atoms. The summed E-state index contributed by atoms with van der Waals surface area (Å²) in [6.07, 6.45) is 1.28. The van der Waals surface area contributed by atoms with Gasteiger partial charge in [-0.25, -0.2) is 8.78 Å². The molecule has 0 spiro atoms. The summed E-state index contributed by atoms with van der Waals surface area (Å²) in [6, 6.07) is 11.2. The summed E-state index contributed by atoms with van der Waals surface area (Å²) in [5.41, 5.74) is 1.53. The van der Waals surface area contributed by atoms with Gasteiger partial charge in [-0.2, -0.15) is 10.1 Å². The summed E-state index contributed by atoms with van der Waals surface area (Å²) in [5, 5.41) is 13.2. The minimum atomic E-state index is -0.715. The predicted molar refractivity (Wildman–Crippen MR) is 93.5 cm³/mol. The Morgan fingerprint density at radius 2 is 1.60 bits per heavy atom. The maximum Gasteiger partial charge on any atom is 0.249 e. The third-order valence-electron chi connectivity index (χ3n) is 3.41. The number of hydrogen-bond acceptors (Lipinski definition) is 6. The van der Waals surface area contributed by atoms with Gasteiger partial charge in [0.25, 0.3) is 0 Å². The first-order chi connectivity index (χ1) is 12.0. The van der Waals surface area contributed by atoms with E-state index in [1.165, 1.54) is 12.3 Å². The van der Waals surface area contributed by atoms with E-state index >= 15 is 0 Å². The first-order valence-corrected chi connectivity index (χ1v) is 7.48. The van der Waals surface area contributed by atoms with Gasteiger partial charge in [-0.15, -0.1) is 5.10 Å². The second kappa shape index (κ2) is 7.08. The van der Waals surface area contributed by atoms with Gasteiger partial charge >= 0.3 is 0 Å². The standard InChI is InChI=1S/C17H16F2N6/c1-25(2)12-8-6-11(7-9-12)21-17-23-15(10-20-24-17)22-16-13(18)4-3-5-14(16)19/h3-10H,1-2H3,(H2,21,22,23,24). The van der Waals surface area contributed by atoms with E-state index in [0.717, 1.165) is 23.5 Å². The first kappa shape index (κ1) is 16.6. The number of nitrogens with zero attached hydrogens (tertiary/aromatic N) is 4. The third kappa shape index (κ3) is 3.97. The highest BCUT2D eigenvalue weighted by molar-refractivity contribution is 5.61. The van der Waals surface area contributed by atoms with E-state index in [1.807, 2.05) is 43.3 Å². The van der Waals surface area contributed by atoms with Crippen LogP contribution in [0, 0.1) is 11.6 Å². The van der Waals surface area contributed by atoms with Crippen molar-refractivity contribution in [3.05, 3.63) is 60.3 Å². The minimum Gasteiger partial charge on any atom is -0.378 e. The van der Waals surface area contributed by atoms with E-state index < -0.39 is 11.6 Å². The van der Waals surface area contributed by atoms with Crippen LogP contribution in [0.5, 0.6) is 0 Å². The molecule has 0 fully saturated rings. The molecular weight excluding hydrogens is 326 g/mol. The van der Waals surface area contributed by atoms with Crippen LogP contribution >= 0.6 is 0 Å². The van der Waals surface area contributed by atoms with E-state index in [-0.39, 0.29) is 17.5 Å². The zero-order chi connectivity index (χ0) is 17.8. The summed E-state index contributed by atoms with van der Waals surface area (Å²) in [6.45, 7) is 0. The van der Waals surface area contributed by atoms with Crippen LogP contribution < -0.4 is 15.5 Å². The van der Waals surface area contributed by atoms with Crippen molar-refractivity contribution in [2.75, 3.05) is 29.6 Å². The second-order valence-electron chi connectivity index (χ2n) is 5.45. The molecular formula is C17H16F2N6. The highest BCUT2D eigenvalue weighted by Gasteiger charge is 2.10. The number of para-hydroxylation sites is 1. The lowest BCUT2D eigenvalue weighted by Gasteiger charge is -2.13. The fraction of sp³-hybridized carbons (Fsp3) is 0.118. The van der Waals surface area contributed by atoms with Crippen molar-refractivity contribution in [1.82, 2.24) is 15.2 Å². The topological polar surface area (TPSA) is 66.0 Å². The van der Waals surface area contributed by atoms with Crippen molar-refractivity contribution in [2.24, 2.45) is 0 Å². The fourth-order valence-electron chi connectivity index (χ4n) is 2.13. The molecule has 0 aliphatic carbocycles. The van der Waals surface area contributed by atoms with E-state index in [0.29, 0.717) is 0 Å². The second-order valence-corrected chi connectivity index (χ2v) is 5.45. The molecule has 1 aromatic heterocycles. The molecule has 6 nitrogen and oxygen atoms in total. The zero-order valence-corrected chi connectivity index (χ0v) is 13.7. The third-order valence-corrected chi connectivity index (χ3v) is 3.41. The average molecular weight is 342 g/mol. The van der Waals surface area contributed by atoms with Gasteiger partial charge in [0.15, 0.2) is 5.82 Å². The van der Waals surface area contributed by atoms with Crippen molar-refractivity contribution in [2.45, 2.75) is 0 Å². The largest absolute Gasteiger partial charge is 0.378 e. The lowest BCUT2D eigenvalue weighted by atomic mass is 10.2. The van der Waals surface area contributed by atoms with Gasteiger partial charge in [0.05, 0.1) is 6.20 Å². The van der Waals surface area contributed by atoms with Crippen LogP contribution in [0.3, 0.4) is 0 Å². The van der Waals surface area contributed by atoms with Gasteiger partial charge in [-0.05, 0) is 36.4 Å². The molecule has 0 aliphatic heterocycles. The van der Waals surface area contributed by atoms with Crippen LogP contribution in [0.25, 0.3) is 0 Å². The average Bonchev–Trinajstić information content (AvgIpc) is 2.59. The molecule has 0 amide bonds. The highest BCUT2D eigenvalue weighted by atomic mass is 19.1. The van der Waals surface area contributed by atoms with Crippen LogP contribution in [0.15, 0.2) is 48.7 Å². The van der Waals surface area contributed by atoms with Gasteiger partial charge in [0.1, 0.15) is 17.3 Å². The first-order valence-electron chi connectivity index (χ1n) is 7.48. The number of benzene rings is 2. The van der Waals surface area contributed by atoms with Gasteiger partial charge in [0.2, 0.25) is 5.95 Å². The lowest BCUT2D eigenvalue weighted by molar-refractivity contribution is 0.590. The van der Waals surface area contributed by atoms with Gasteiger partial charge in [0, 0.05) is 25.5 Å². The van der Waals surface area contributed by atoms with Gasteiger partial charge < -0.3 is 15.5 Å². The number of anilines is 5. The SMILES string of the molecule is CN(C)c1ccc(Nc2nncc(Nc3c(F)cccc3F)n2)cc1. The number of rotatable bonds is 5. The molecule has 128 valence electrons. The quantitative estimate of drug-likeness (QED) is 0.737. The van der Waals surface area contributed by atoms with Crippen LogP contribution in [-0.2, 0) is 0 Å². The molecule has 2 N–H and O–H groups in total. The summed E-state index contributed by atoms with van der Waals surface area (Å²) in [5.74, 6) is -1.05. The highest BCUT2D eigenvalue weighted by Crippen LogP contribution is 2.23. The van der Waals surface area contributed by atoms with E-state index in [4.69, 9.17) is 0 Å². The molecule has 0 aliphatic rings. The van der Waals surface area contributed by atoms with Gasteiger partial charge in [-0.3, -0.25) is 0 Å². The van der Waals surface area contributed by atoms with Gasteiger partial charge in [-0.1, -0.05) is 6.07 Å². The molecule has 0 atom stereocenters. The molecule has 1 heterocycles. The Kier molecular flexibility index (Phi) is 4.69. The molecule has 0 saturated heterocycles. The molecule has 0 bridgehead atoms. The van der Waals surface area contributed by atoms with E-state index in [1.54, 1.807) is 0 Å². The number of aromatic nitrogens is 3. The Bertz CT molecular complexity index is 847. The van der Waals surface area contributed by atoms with Crippen LogP contribution in [-0.4, -0.2) is 29.3 Å². The fourth-order valence-corrected chi connectivity index (χ4v) is 2.13. The predicted octanol–water partition coefficient (Wildman–Crippen LogP) is 3.70. The molecule has 8 heteroatoms. The summed E-state index contributed by atoms with van der Waals surface area (Å²) < 4.78 is 27.4. The molecule has 0 unspecified atom stereocenters. The van der Waals surface area contributed by atoms with Crippen LogP contribution in [0.2, 0.25) is 0 Å². The zero-order valence-electron chi connectivity index (χ0n) is 13.7. The molecule has 2 aromatic carbocycles. The van der Waals surface area contributed by atoms with Crippen molar-refractivity contribution in [1.29, 1.82) is 0 Å². The maximum atomic E-state index is 13.7. The maximum absolute atomic E-state index is 13.7. The molecule has 0 saturated carbocycles. The number of halogens is 2. The number of nitrogens with one attached hydrogen (secondary N) is 2.